The molecule has 4 heteroatoms. The van der Waals surface area contributed by atoms with E-state index in [1.807, 2.05) is 12.1 Å². The zero-order chi connectivity index (χ0) is 15.1. The SMILES string of the molecule is CCCC(C)CC(N)c1cc(OC)c(OC)c(OC)c1. The molecule has 0 bridgehead atoms. The van der Waals surface area contributed by atoms with Gasteiger partial charge in [0.25, 0.3) is 0 Å². The van der Waals surface area contributed by atoms with E-state index in [2.05, 4.69) is 13.8 Å². The second kappa shape index (κ2) is 8.00. The zero-order valence-electron chi connectivity index (χ0n) is 13.2. The first-order valence-corrected chi connectivity index (χ1v) is 7.12. The van der Waals surface area contributed by atoms with Gasteiger partial charge in [-0.1, -0.05) is 26.7 Å². The third kappa shape index (κ3) is 4.04. The number of benzene rings is 1. The Morgan fingerprint density at radius 3 is 2.00 bits per heavy atom. The molecule has 0 aromatic heterocycles. The number of hydrogen-bond acceptors (Lipinski definition) is 4. The number of nitrogens with two attached hydrogens (primary N) is 1. The summed E-state index contributed by atoms with van der Waals surface area (Å²) in [6.45, 7) is 4.43. The van der Waals surface area contributed by atoms with Gasteiger partial charge in [0.2, 0.25) is 5.75 Å². The standard InChI is InChI=1S/C16H27NO3/c1-6-7-11(2)8-13(17)12-9-14(18-3)16(20-5)15(10-12)19-4/h9-11,13H,6-8,17H2,1-5H3. The van der Waals surface area contributed by atoms with Gasteiger partial charge in [0.05, 0.1) is 21.3 Å². The van der Waals surface area contributed by atoms with Crippen molar-refractivity contribution in [3.8, 4) is 17.2 Å². The normalized spacial score (nSPS) is 13.7. The summed E-state index contributed by atoms with van der Waals surface area (Å²) in [5.41, 5.74) is 7.33. The Bertz CT molecular complexity index is 395. The van der Waals surface area contributed by atoms with E-state index >= 15 is 0 Å². The van der Waals surface area contributed by atoms with Crippen LogP contribution in [0.5, 0.6) is 17.2 Å². The molecule has 1 aromatic rings. The lowest BCUT2D eigenvalue weighted by Gasteiger charge is -2.20. The monoisotopic (exact) mass is 281 g/mol. The summed E-state index contributed by atoms with van der Waals surface area (Å²) < 4.78 is 16.0. The minimum atomic E-state index is -0.0229. The first-order valence-electron chi connectivity index (χ1n) is 7.12. The maximum atomic E-state index is 6.31. The van der Waals surface area contributed by atoms with E-state index in [4.69, 9.17) is 19.9 Å². The van der Waals surface area contributed by atoms with E-state index in [9.17, 15) is 0 Å². The van der Waals surface area contributed by atoms with Crippen molar-refractivity contribution in [3.63, 3.8) is 0 Å². The van der Waals surface area contributed by atoms with Crippen LogP contribution in [0.4, 0.5) is 0 Å². The molecule has 1 aromatic carbocycles. The van der Waals surface area contributed by atoms with Crippen molar-refractivity contribution in [1.29, 1.82) is 0 Å². The third-order valence-electron chi connectivity index (χ3n) is 3.55. The Hall–Kier alpha value is -1.42. The van der Waals surface area contributed by atoms with Gasteiger partial charge in [-0.25, -0.2) is 0 Å². The molecule has 1 rings (SSSR count). The van der Waals surface area contributed by atoms with Crippen molar-refractivity contribution >= 4 is 0 Å². The summed E-state index contributed by atoms with van der Waals surface area (Å²) in [6.07, 6.45) is 3.33. The smallest absolute Gasteiger partial charge is 0.203 e. The zero-order valence-corrected chi connectivity index (χ0v) is 13.2. The molecule has 0 spiro atoms. The number of ether oxygens (including phenoxy) is 3. The van der Waals surface area contributed by atoms with Gasteiger partial charge < -0.3 is 19.9 Å². The van der Waals surface area contributed by atoms with Gasteiger partial charge in [-0.3, -0.25) is 0 Å². The van der Waals surface area contributed by atoms with Crippen LogP contribution in [-0.2, 0) is 0 Å². The maximum Gasteiger partial charge on any atom is 0.203 e. The molecule has 0 saturated carbocycles. The molecule has 0 amide bonds. The van der Waals surface area contributed by atoms with E-state index in [1.54, 1.807) is 21.3 Å². The lowest BCUT2D eigenvalue weighted by molar-refractivity contribution is 0.322. The second-order valence-electron chi connectivity index (χ2n) is 5.19. The fraction of sp³-hybridized carbons (Fsp3) is 0.625. The Morgan fingerprint density at radius 2 is 1.60 bits per heavy atom. The van der Waals surface area contributed by atoms with Gasteiger partial charge in [0.15, 0.2) is 11.5 Å². The summed E-state index contributed by atoms with van der Waals surface area (Å²) in [5.74, 6) is 2.52. The molecule has 0 fully saturated rings. The lowest BCUT2D eigenvalue weighted by Crippen LogP contribution is -2.14. The second-order valence-corrected chi connectivity index (χ2v) is 5.19. The molecule has 0 heterocycles. The van der Waals surface area contributed by atoms with Crippen LogP contribution in [-0.4, -0.2) is 21.3 Å². The predicted octanol–water partition coefficient (Wildman–Crippen LogP) is 3.54. The molecule has 2 N–H and O–H groups in total. The van der Waals surface area contributed by atoms with Crippen molar-refractivity contribution in [1.82, 2.24) is 0 Å². The minimum absolute atomic E-state index is 0.0229. The Balaban J connectivity index is 3.00. The highest BCUT2D eigenvalue weighted by Crippen LogP contribution is 2.40. The number of methoxy groups -OCH3 is 3. The average molecular weight is 281 g/mol. The molecular weight excluding hydrogens is 254 g/mol. The van der Waals surface area contributed by atoms with Crippen LogP contribution in [0.1, 0.15) is 44.7 Å². The Kier molecular flexibility index (Phi) is 6.65. The van der Waals surface area contributed by atoms with Crippen LogP contribution in [0.15, 0.2) is 12.1 Å². The maximum absolute atomic E-state index is 6.31. The van der Waals surface area contributed by atoms with Crippen LogP contribution in [0.3, 0.4) is 0 Å². The van der Waals surface area contributed by atoms with Crippen molar-refractivity contribution in [2.75, 3.05) is 21.3 Å². The van der Waals surface area contributed by atoms with Gasteiger partial charge in [0, 0.05) is 6.04 Å². The molecule has 0 radical (unpaired) electrons. The first kappa shape index (κ1) is 16.6. The highest BCUT2D eigenvalue weighted by Gasteiger charge is 2.18. The Labute approximate surface area is 122 Å². The van der Waals surface area contributed by atoms with Crippen LogP contribution in [0.25, 0.3) is 0 Å². The summed E-state index contributed by atoms with van der Waals surface area (Å²) in [7, 11) is 4.84. The largest absolute Gasteiger partial charge is 0.493 e. The summed E-state index contributed by atoms with van der Waals surface area (Å²) in [4.78, 5) is 0. The van der Waals surface area contributed by atoms with E-state index in [1.165, 1.54) is 12.8 Å². The molecule has 20 heavy (non-hydrogen) atoms. The summed E-state index contributed by atoms with van der Waals surface area (Å²) in [6, 6.07) is 3.85. The van der Waals surface area contributed by atoms with Crippen LogP contribution >= 0.6 is 0 Å². The van der Waals surface area contributed by atoms with E-state index in [0.717, 1.165) is 12.0 Å². The molecule has 0 saturated heterocycles. The fourth-order valence-corrected chi connectivity index (χ4v) is 2.50. The topological polar surface area (TPSA) is 53.7 Å². The number of rotatable bonds is 8. The van der Waals surface area contributed by atoms with Crippen molar-refractivity contribution in [3.05, 3.63) is 17.7 Å². The van der Waals surface area contributed by atoms with Gasteiger partial charge in [0.1, 0.15) is 0 Å². The van der Waals surface area contributed by atoms with Gasteiger partial charge in [-0.05, 0) is 30.0 Å². The molecule has 0 aliphatic rings. The fourth-order valence-electron chi connectivity index (χ4n) is 2.50. The first-order chi connectivity index (χ1) is 9.57. The lowest BCUT2D eigenvalue weighted by atomic mass is 9.93. The van der Waals surface area contributed by atoms with Crippen LogP contribution < -0.4 is 19.9 Å². The summed E-state index contributed by atoms with van der Waals surface area (Å²) >= 11 is 0. The van der Waals surface area contributed by atoms with Gasteiger partial charge in [-0.15, -0.1) is 0 Å². The average Bonchev–Trinajstić information content (AvgIpc) is 2.45. The van der Waals surface area contributed by atoms with Crippen LogP contribution in [0.2, 0.25) is 0 Å². The van der Waals surface area contributed by atoms with Crippen molar-refractivity contribution < 1.29 is 14.2 Å². The molecular formula is C16H27NO3. The third-order valence-corrected chi connectivity index (χ3v) is 3.55. The minimum Gasteiger partial charge on any atom is -0.493 e. The molecule has 2 unspecified atom stereocenters. The van der Waals surface area contributed by atoms with Gasteiger partial charge in [-0.2, -0.15) is 0 Å². The van der Waals surface area contributed by atoms with E-state index in [0.29, 0.717) is 23.2 Å². The predicted molar refractivity (Wildman–Crippen MR) is 81.7 cm³/mol. The molecule has 0 aliphatic carbocycles. The summed E-state index contributed by atoms with van der Waals surface area (Å²) in [5, 5.41) is 0. The quantitative estimate of drug-likeness (QED) is 0.792. The molecule has 4 nitrogen and oxygen atoms in total. The van der Waals surface area contributed by atoms with Crippen molar-refractivity contribution in [2.45, 2.75) is 39.2 Å². The van der Waals surface area contributed by atoms with Crippen molar-refractivity contribution in [2.24, 2.45) is 11.7 Å². The number of hydrogen-bond donors (Lipinski definition) is 1. The molecule has 0 aliphatic heterocycles. The van der Waals surface area contributed by atoms with Gasteiger partial charge >= 0.3 is 0 Å². The van der Waals surface area contributed by atoms with E-state index < -0.39 is 0 Å². The molecule has 2 atom stereocenters. The Morgan fingerprint density at radius 1 is 1.05 bits per heavy atom. The van der Waals surface area contributed by atoms with E-state index in [-0.39, 0.29) is 6.04 Å². The highest BCUT2D eigenvalue weighted by molar-refractivity contribution is 5.54. The highest BCUT2D eigenvalue weighted by atomic mass is 16.5. The molecule has 114 valence electrons. The van der Waals surface area contributed by atoms with Crippen LogP contribution in [0, 0.1) is 5.92 Å².